The standard InChI is InChI=1S/C14H22N4S2/c1-3-12-17-13(20-18-12)19-9-7-11-6-5-8-14(11,10-15)16-4-2/h11,16H,3-9H2,1-2H3. The van der Waals surface area contributed by atoms with Crippen LogP contribution < -0.4 is 5.32 Å². The third-order valence-corrected chi connectivity index (χ3v) is 5.87. The van der Waals surface area contributed by atoms with Crippen molar-refractivity contribution >= 4 is 23.3 Å². The van der Waals surface area contributed by atoms with Crippen molar-refractivity contribution in [1.82, 2.24) is 14.7 Å². The van der Waals surface area contributed by atoms with Gasteiger partial charge in [-0.25, -0.2) is 4.98 Å². The van der Waals surface area contributed by atoms with E-state index in [4.69, 9.17) is 0 Å². The van der Waals surface area contributed by atoms with Crippen molar-refractivity contribution in [1.29, 1.82) is 5.26 Å². The Labute approximate surface area is 129 Å². The van der Waals surface area contributed by atoms with Gasteiger partial charge in [0.25, 0.3) is 0 Å². The van der Waals surface area contributed by atoms with Crippen LogP contribution in [-0.4, -0.2) is 27.2 Å². The summed E-state index contributed by atoms with van der Waals surface area (Å²) >= 11 is 3.27. The average molecular weight is 310 g/mol. The molecule has 1 fully saturated rings. The molecule has 20 heavy (non-hydrogen) atoms. The van der Waals surface area contributed by atoms with Crippen molar-refractivity contribution in [3.8, 4) is 6.07 Å². The van der Waals surface area contributed by atoms with Gasteiger partial charge in [-0.1, -0.05) is 32.0 Å². The number of hydrogen-bond donors (Lipinski definition) is 1. The van der Waals surface area contributed by atoms with Crippen LogP contribution in [0.2, 0.25) is 0 Å². The molecule has 2 rings (SSSR count). The smallest absolute Gasteiger partial charge is 0.170 e. The van der Waals surface area contributed by atoms with Gasteiger partial charge in [0.05, 0.1) is 6.07 Å². The second-order valence-electron chi connectivity index (χ2n) is 5.17. The van der Waals surface area contributed by atoms with E-state index < -0.39 is 0 Å². The molecule has 0 saturated heterocycles. The van der Waals surface area contributed by atoms with Gasteiger partial charge in [0.1, 0.15) is 11.4 Å². The lowest BCUT2D eigenvalue weighted by Crippen LogP contribution is -2.47. The van der Waals surface area contributed by atoms with Crippen LogP contribution in [0, 0.1) is 17.2 Å². The summed E-state index contributed by atoms with van der Waals surface area (Å²) in [6.07, 6.45) is 5.29. The largest absolute Gasteiger partial charge is 0.299 e. The van der Waals surface area contributed by atoms with Crippen molar-refractivity contribution in [3.05, 3.63) is 5.82 Å². The van der Waals surface area contributed by atoms with Crippen LogP contribution >= 0.6 is 23.3 Å². The predicted octanol–water partition coefficient (Wildman–Crippen LogP) is 3.25. The highest BCUT2D eigenvalue weighted by Gasteiger charge is 2.42. The average Bonchev–Trinajstić information content (AvgIpc) is 3.07. The number of aryl methyl sites for hydroxylation is 1. The first-order chi connectivity index (χ1) is 9.74. The van der Waals surface area contributed by atoms with Crippen LogP contribution in [0.3, 0.4) is 0 Å². The predicted molar refractivity (Wildman–Crippen MR) is 84.0 cm³/mol. The minimum absolute atomic E-state index is 0.287. The molecule has 0 radical (unpaired) electrons. The van der Waals surface area contributed by atoms with Crippen molar-refractivity contribution in [2.75, 3.05) is 12.3 Å². The quantitative estimate of drug-likeness (QED) is 0.783. The molecule has 6 heteroatoms. The first kappa shape index (κ1) is 15.7. The first-order valence-electron chi connectivity index (χ1n) is 7.35. The maximum atomic E-state index is 9.53. The molecule has 1 heterocycles. The number of nitrogens with zero attached hydrogens (tertiary/aromatic N) is 3. The van der Waals surface area contributed by atoms with Crippen LogP contribution in [0.15, 0.2) is 4.34 Å². The highest BCUT2D eigenvalue weighted by molar-refractivity contribution is 8.00. The molecule has 0 aromatic carbocycles. The van der Waals surface area contributed by atoms with Crippen molar-refractivity contribution in [2.45, 2.75) is 55.8 Å². The third kappa shape index (κ3) is 3.51. The molecule has 1 aromatic rings. The Morgan fingerprint density at radius 2 is 2.40 bits per heavy atom. The highest BCUT2D eigenvalue weighted by atomic mass is 32.2. The topological polar surface area (TPSA) is 61.6 Å². The highest BCUT2D eigenvalue weighted by Crippen LogP contribution is 2.38. The molecule has 2 unspecified atom stereocenters. The van der Waals surface area contributed by atoms with Crippen LogP contribution in [0.25, 0.3) is 0 Å². The van der Waals surface area contributed by atoms with E-state index >= 15 is 0 Å². The summed E-state index contributed by atoms with van der Waals surface area (Å²) in [7, 11) is 0. The Bertz CT molecular complexity index is 468. The minimum Gasteiger partial charge on any atom is -0.299 e. The van der Waals surface area contributed by atoms with E-state index in [0.29, 0.717) is 5.92 Å². The number of hydrogen-bond acceptors (Lipinski definition) is 6. The monoisotopic (exact) mass is 310 g/mol. The van der Waals surface area contributed by atoms with Gasteiger partial charge in [0.15, 0.2) is 4.34 Å². The normalized spacial score (nSPS) is 25.8. The van der Waals surface area contributed by atoms with Gasteiger partial charge < -0.3 is 0 Å². The first-order valence-corrected chi connectivity index (χ1v) is 9.11. The fourth-order valence-electron chi connectivity index (χ4n) is 2.93. The number of nitrogens with one attached hydrogen (secondary N) is 1. The Morgan fingerprint density at radius 1 is 1.55 bits per heavy atom. The molecule has 0 spiro atoms. The third-order valence-electron chi connectivity index (χ3n) is 3.97. The molecule has 0 bridgehead atoms. The molecule has 4 nitrogen and oxygen atoms in total. The van der Waals surface area contributed by atoms with E-state index in [9.17, 15) is 5.26 Å². The summed E-state index contributed by atoms with van der Waals surface area (Å²) in [5.74, 6) is 2.44. The number of thioether (sulfide) groups is 1. The molecule has 110 valence electrons. The van der Waals surface area contributed by atoms with Gasteiger partial charge in [-0.05, 0) is 43.3 Å². The Kier molecular flexibility index (Phi) is 5.82. The van der Waals surface area contributed by atoms with E-state index in [1.807, 2.05) is 0 Å². The number of aromatic nitrogens is 2. The Hall–Kier alpha value is -0.640. The molecule has 1 N–H and O–H groups in total. The van der Waals surface area contributed by atoms with Crippen molar-refractivity contribution in [3.63, 3.8) is 0 Å². The molecule has 1 aromatic heterocycles. The van der Waals surface area contributed by atoms with E-state index in [1.165, 1.54) is 11.5 Å². The number of nitriles is 1. The maximum absolute atomic E-state index is 9.53. The maximum Gasteiger partial charge on any atom is 0.170 e. The zero-order chi connectivity index (χ0) is 14.4. The van der Waals surface area contributed by atoms with E-state index in [-0.39, 0.29) is 5.54 Å². The summed E-state index contributed by atoms with van der Waals surface area (Å²) in [6.45, 7) is 5.02. The van der Waals surface area contributed by atoms with Gasteiger partial charge in [0, 0.05) is 12.2 Å². The molecule has 0 aliphatic heterocycles. The van der Waals surface area contributed by atoms with Crippen molar-refractivity contribution in [2.24, 2.45) is 5.92 Å². The Balaban J connectivity index is 1.85. The molecule has 1 aliphatic rings. The van der Waals surface area contributed by atoms with Gasteiger partial charge in [-0.15, -0.1) is 0 Å². The zero-order valence-corrected chi connectivity index (χ0v) is 13.8. The van der Waals surface area contributed by atoms with Crippen LogP contribution in [0.5, 0.6) is 0 Å². The van der Waals surface area contributed by atoms with Gasteiger partial charge in [-0.3, -0.25) is 5.32 Å². The fraction of sp³-hybridized carbons (Fsp3) is 0.786. The van der Waals surface area contributed by atoms with Gasteiger partial charge in [0.2, 0.25) is 0 Å². The molecule has 0 amide bonds. The second-order valence-corrected chi connectivity index (χ2v) is 7.26. The van der Waals surface area contributed by atoms with E-state index in [1.54, 1.807) is 11.8 Å². The number of rotatable bonds is 7. The van der Waals surface area contributed by atoms with E-state index in [2.05, 4.69) is 34.6 Å². The molecular weight excluding hydrogens is 288 g/mol. The lowest BCUT2D eigenvalue weighted by Gasteiger charge is -2.29. The summed E-state index contributed by atoms with van der Waals surface area (Å²) < 4.78 is 5.37. The lowest BCUT2D eigenvalue weighted by atomic mass is 9.86. The summed E-state index contributed by atoms with van der Waals surface area (Å²) in [5.41, 5.74) is -0.287. The minimum atomic E-state index is -0.287. The molecular formula is C14H22N4S2. The second kappa shape index (κ2) is 7.39. The fourth-order valence-corrected chi connectivity index (χ4v) is 4.75. The molecule has 2 atom stereocenters. The van der Waals surface area contributed by atoms with Crippen LogP contribution in [-0.2, 0) is 6.42 Å². The van der Waals surface area contributed by atoms with Gasteiger partial charge in [-0.2, -0.15) is 9.64 Å². The zero-order valence-electron chi connectivity index (χ0n) is 12.2. The van der Waals surface area contributed by atoms with Crippen LogP contribution in [0.1, 0.15) is 45.4 Å². The molecule has 1 aliphatic carbocycles. The van der Waals surface area contributed by atoms with E-state index in [0.717, 1.165) is 54.6 Å². The van der Waals surface area contributed by atoms with Crippen molar-refractivity contribution < 1.29 is 0 Å². The lowest BCUT2D eigenvalue weighted by molar-refractivity contribution is 0.317. The summed E-state index contributed by atoms with van der Waals surface area (Å²) in [5, 5.41) is 13.0. The SMILES string of the molecule is CCNC1(C#N)CCCC1CCSc1nc(CC)ns1. The molecule has 1 saturated carbocycles. The Morgan fingerprint density at radius 3 is 3.05 bits per heavy atom. The summed E-state index contributed by atoms with van der Waals surface area (Å²) in [4.78, 5) is 4.48. The van der Waals surface area contributed by atoms with Crippen LogP contribution in [0.4, 0.5) is 0 Å². The van der Waals surface area contributed by atoms with Gasteiger partial charge >= 0.3 is 0 Å². The summed E-state index contributed by atoms with van der Waals surface area (Å²) in [6, 6.07) is 2.54.